The molecule has 0 radical (unpaired) electrons. The van der Waals surface area contributed by atoms with Crippen LogP contribution in [0.4, 0.5) is 4.79 Å². The quantitative estimate of drug-likeness (QED) is 0.293. The van der Waals surface area contributed by atoms with Crippen molar-refractivity contribution in [3.63, 3.8) is 0 Å². The average molecular weight is 378 g/mol. The smallest absolute Gasteiger partial charge is 0.315 e. The van der Waals surface area contributed by atoms with Gasteiger partial charge in [-0.05, 0) is 19.3 Å². The maximum absolute atomic E-state index is 11.8. The Morgan fingerprint density at radius 2 is 2.13 bits per heavy atom. The van der Waals surface area contributed by atoms with Crippen LogP contribution in [0.25, 0.3) is 0 Å². The first-order valence-corrected chi connectivity index (χ1v) is 11.9. The summed E-state index contributed by atoms with van der Waals surface area (Å²) in [6.07, 6.45) is 4.86. The van der Waals surface area contributed by atoms with E-state index in [4.69, 9.17) is 0 Å². The zero-order valence-corrected chi connectivity index (χ0v) is 16.1. The maximum atomic E-state index is 11.8. The topological polar surface area (TPSA) is 70.2 Å². The molecule has 0 spiro atoms. The summed E-state index contributed by atoms with van der Waals surface area (Å²) in [6.45, 7) is 2.94. The second kappa shape index (κ2) is 10.6. The van der Waals surface area contributed by atoms with Crippen molar-refractivity contribution >= 4 is 45.3 Å². The SMILES string of the molecule is CCCSSCCNC(=O)CCCC[C@@H]1SC[C@@H]2NC(=O)N[C@@H]21. The fraction of sp³-hybridized carbons (Fsp3) is 0.867. The van der Waals surface area contributed by atoms with Crippen molar-refractivity contribution in [2.75, 3.05) is 23.8 Å². The van der Waals surface area contributed by atoms with Gasteiger partial charge in [-0.1, -0.05) is 34.9 Å². The van der Waals surface area contributed by atoms with Crippen LogP contribution in [0.1, 0.15) is 39.0 Å². The van der Waals surface area contributed by atoms with Crippen LogP contribution in [-0.2, 0) is 4.79 Å². The second-order valence-corrected chi connectivity index (χ2v) is 9.84. The number of nitrogens with one attached hydrogen (secondary N) is 3. The number of amides is 3. The van der Waals surface area contributed by atoms with E-state index in [-0.39, 0.29) is 18.0 Å². The van der Waals surface area contributed by atoms with Crippen LogP contribution < -0.4 is 16.0 Å². The van der Waals surface area contributed by atoms with Gasteiger partial charge in [0.1, 0.15) is 0 Å². The van der Waals surface area contributed by atoms with Gasteiger partial charge < -0.3 is 16.0 Å². The minimum Gasteiger partial charge on any atom is -0.355 e. The molecule has 3 atom stereocenters. The molecule has 3 amide bonds. The average Bonchev–Trinajstić information content (AvgIpc) is 3.07. The van der Waals surface area contributed by atoms with Crippen LogP contribution in [-0.4, -0.2) is 53.1 Å². The lowest BCUT2D eigenvalue weighted by Crippen LogP contribution is -2.36. The third kappa shape index (κ3) is 6.66. The normalized spacial score (nSPS) is 25.8. The highest BCUT2D eigenvalue weighted by molar-refractivity contribution is 8.76. The molecule has 2 heterocycles. The first-order chi connectivity index (χ1) is 11.2. The zero-order chi connectivity index (χ0) is 16.5. The third-order valence-corrected chi connectivity index (χ3v) is 8.08. The van der Waals surface area contributed by atoms with Crippen molar-refractivity contribution in [2.45, 2.75) is 56.4 Å². The highest BCUT2D eigenvalue weighted by atomic mass is 33.1. The van der Waals surface area contributed by atoms with Gasteiger partial charge in [0.05, 0.1) is 12.1 Å². The van der Waals surface area contributed by atoms with Gasteiger partial charge in [0.15, 0.2) is 0 Å². The molecule has 2 aliphatic heterocycles. The van der Waals surface area contributed by atoms with E-state index in [9.17, 15) is 9.59 Å². The summed E-state index contributed by atoms with van der Waals surface area (Å²) < 4.78 is 0. The fourth-order valence-corrected chi connectivity index (χ4v) is 6.38. The molecule has 0 saturated carbocycles. The lowest BCUT2D eigenvalue weighted by atomic mass is 10.0. The molecule has 0 aromatic rings. The Kier molecular flexibility index (Phi) is 8.82. The largest absolute Gasteiger partial charge is 0.355 e. The van der Waals surface area contributed by atoms with Crippen molar-refractivity contribution < 1.29 is 9.59 Å². The summed E-state index contributed by atoms with van der Waals surface area (Å²) in [5, 5.41) is 9.45. The number of hydrogen-bond acceptors (Lipinski definition) is 5. The molecule has 8 heteroatoms. The molecule has 5 nitrogen and oxygen atoms in total. The number of unbranched alkanes of at least 4 members (excludes halogenated alkanes) is 1. The van der Waals surface area contributed by atoms with E-state index < -0.39 is 0 Å². The first kappa shape index (κ1) is 19.1. The molecule has 0 aliphatic carbocycles. The number of rotatable bonds is 11. The molecule has 0 aromatic heterocycles. The van der Waals surface area contributed by atoms with Gasteiger partial charge in [0, 0.05) is 35.5 Å². The number of carbonyl (C=O) groups excluding carboxylic acids is 2. The summed E-state index contributed by atoms with van der Waals surface area (Å²) in [5.74, 6) is 3.32. The van der Waals surface area contributed by atoms with Crippen molar-refractivity contribution in [1.82, 2.24) is 16.0 Å². The number of urea groups is 1. The summed E-state index contributed by atoms with van der Waals surface area (Å²) in [4.78, 5) is 23.1. The Hall–Kier alpha value is -0.210. The van der Waals surface area contributed by atoms with E-state index in [1.54, 1.807) is 0 Å². The Morgan fingerprint density at radius 3 is 2.96 bits per heavy atom. The van der Waals surface area contributed by atoms with Gasteiger partial charge in [0.25, 0.3) is 0 Å². The molecule has 23 heavy (non-hydrogen) atoms. The van der Waals surface area contributed by atoms with Crippen LogP contribution in [0.3, 0.4) is 0 Å². The van der Waals surface area contributed by atoms with E-state index in [2.05, 4.69) is 22.9 Å². The summed E-state index contributed by atoms with van der Waals surface area (Å²) in [7, 11) is 3.71. The monoisotopic (exact) mass is 377 g/mol. The number of hydrogen-bond donors (Lipinski definition) is 3. The van der Waals surface area contributed by atoms with Gasteiger partial charge in [-0.3, -0.25) is 4.79 Å². The van der Waals surface area contributed by atoms with E-state index in [0.29, 0.717) is 17.7 Å². The number of fused-ring (bicyclic) bond motifs is 1. The summed E-state index contributed by atoms with van der Waals surface area (Å²) in [6, 6.07) is 0.544. The van der Waals surface area contributed by atoms with Crippen LogP contribution >= 0.6 is 33.3 Å². The molecular weight excluding hydrogens is 350 g/mol. The molecule has 0 bridgehead atoms. The van der Waals surface area contributed by atoms with Crippen molar-refractivity contribution in [1.29, 1.82) is 0 Å². The van der Waals surface area contributed by atoms with E-state index in [1.807, 2.05) is 33.3 Å². The first-order valence-electron chi connectivity index (χ1n) is 8.40. The van der Waals surface area contributed by atoms with Gasteiger partial charge >= 0.3 is 6.03 Å². The molecule has 2 rings (SSSR count). The predicted octanol–water partition coefficient (Wildman–Crippen LogP) is 2.62. The molecule has 2 aliphatic rings. The highest BCUT2D eigenvalue weighted by Gasteiger charge is 2.42. The lowest BCUT2D eigenvalue weighted by Gasteiger charge is -2.16. The molecular formula is C15H27N3O2S3. The molecule has 132 valence electrons. The fourth-order valence-electron chi connectivity index (χ4n) is 2.80. The second-order valence-electron chi connectivity index (χ2n) is 5.86. The van der Waals surface area contributed by atoms with Crippen LogP contribution in [0, 0.1) is 0 Å². The van der Waals surface area contributed by atoms with E-state index in [1.165, 1.54) is 12.2 Å². The standard InChI is InChI=1S/C15H27N3O2S3/c1-2-8-22-23-9-7-16-13(19)6-4-3-5-12-14-11(10-21-12)17-15(20)18-14/h11-12,14H,2-10H2,1H3,(H,16,19)(H2,17,18,20)/t11-,12-,14-/m0/s1. The van der Waals surface area contributed by atoms with Crippen LogP contribution in [0.5, 0.6) is 0 Å². The van der Waals surface area contributed by atoms with Crippen LogP contribution in [0.15, 0.2) is 0 Å². The van der Waals surface area contributed by atoms with Crippen LogP contribution in [0.2, 0.25) is 0 Å². The minimum atomic E-state index is -0.0281. The maximum Gasteiger partial charge on any atom is 0.315 e. The summed E-state index contributed by atoms with van der Waals surface area (Å²) in [5.41, 5.74) is 0. The Labute approximate surface area is 151 Å². The number of carbonyl (C=O) groups is 2. The Balaban J connectivity index is 1.46. The molecule has 3 N–H and O–H groups in total. The van der Waals surface area contributed by atoms with Gasteiger partial charge in [0.2, 0.25) is 5.91 Å². The third-order valence-electron chi connectivity index (χ3n) is 3.96. The molecule has 2 fully saturated rings. The molecule has 0 unspecified atom stereocenters. The molecule has 0 aromatic carbocycles. The van der Waals surface area contributed by atoms with Gasteiger partial charge in [-0.2, -0.15) is 11.8 Å². The highest BCUT2D eigenvalue weighted by Crippen LogP contribution is 2.33. The summed E-state index contributed by atoms with van der Waals surface area (Å²) >= 11 is 1.94. The Bertz CT molecular complexity index is 398. The van der Waals surface area contributed by atoms with Crippen molar-refractivity contribution in [3.8, 4) is 0 Å². The number of thioether (sulfide) groups is 1. The minimum absolute atomic E-state index is 0.0281. The van der Waals surface area contributed by atoms with Crippen molar-refractivity contribution in [2.24, 2.45) is 0 Å². The predicted molar refractivity (Wildman–Crippen MR) is 102 cm³/mol. The lowest BCUT2D eigenvalue weighted by molar-refractivity contribution is -0.121. The zero-order valence-electron chi connectivity index (χ0n) is 13.6. The van der Waals surface area contributed by atoms with E-state index in [0.717, 1.165) is 37.3 Å². The Morgan fingerprint density at radius 1 is 1.30 bits per heavy atom. The van der Waals surface area contributed by atoms with Gasteiger partial charge in [-0.15, -0.1) is 0 Å². The van der Waals surface area contributed by atoms with Gasteiger partial charge in [-0.25, -0.2) is 4.79 Å². The van der Waals surface area contributed by atoms with Crippen molar-refractivity contribution in [3.05, 3.63) is 0 Å². The van der Waals surface area contributed by atoms with E-state index >= 15 is 0 Å². The molecule has 2 saturated heterocycles.